The van der Waals surface area contributed by atoms with Gasteiger partial charge in [0.1, 0.15) is 0 Å². The minimum Gasteiger partial charge on any atom is -0.490 e. The second-order valence-electron chi connectivity index (χ2n) is 7.80. The van der Waals surface area contributed by atoms with Crippen molar-refractivity contribution in [2.24, 2.45) is 0 Å². The summed E-state index contributed by atoms with van der Waals surface area (Å²) in [6.07, 6.45) is 0. The van der Waals surface area contributed by atoms with Gasteiger partial charge in [0.2, 0.25) is 5.88 Å². The fourth-order valence-corrected chi connectivity index (χ4v) is 4.40. The number of aryl methyl sites for hydroxylation is 2. The van der Waals surface area contributed by atoms with Crippen molar-refractivity contribution in [3.8, 4) is 23.1 Å². The Kier molecular flexibility index (Phi) is 7.77. The average molecular weight is 489 g/mol. The Morgan fingerprint density at radius 1 is 0.886 bits per heavy atom. The van der Waals surface area contributed by atoms with Gasteiger partial charge in [-0.2, -0.15) is 9.78 Å². The van der Waals surface area contributed by atoms with Crippen molar-refractivity contribution >= 4 is 17.7 Å². The SMILES string of the molecule is CCOc1ccc(C(=O)Oc2c(Sc3ccc(C)cc3)c(C)nn2-c2ccccc2)cc1OCC. The quantitative estimate of drug-likeness (QED) is 0.246. The first-order valence-corrected chi connectivity index (χ1v) is 12.3. The molecule has 3 aromatic carbocycles. The van der Waals surface area contributed by atoms with Gasteiger partial charge in [-0.25, -0.2) is 4.79 Å². The fraction of sp³-hybridized carbons (Fsp3) is 0.214. The van der Waals surface area contributed by atoms with Crippen LogP contribution in [0.5, 0.6) is 17.4 Å². The summed E-state index contributed by atoms with van der Waals surface area (Å²) in [4.78, 5) is 15.1. The summed E-state index contributed by atoms with van der Waals surface area (Å²) in [5, 5.41) is 4.70. The molecule has 0 spiro atoms. The third-order valence-electron chi connectivity index (χ3n) is 5.18. The van der Waals surface area contributed by atoms with Crippen molar-refractivity contribution in [2.45, 2.75) is 37.5 Å². The monoisotopic (exact) mass is 488 g/mol. The van der Waals surface area contributed by atoms with Crippen LogP contribution in [-0.4, -0.2) is 29.0 Å². The third-order valence-corrected chi connectivity index (χ3v) is 6.36. The van der Waals surface area contributed by atoms with Gasteiger partial charge in [-0.1, -0.05) is 47.7 Å². The van der Waals surface area contributed by atoms with E-state index in [1.807, 2.05) is 70.2 Å². The number of nitrogens with zero attached hydrogens (tertiary/aromatic N) is 2. The van der Waals surface area contributed by atoms with Crippen LogP contribution >= 0.6 is 11.8 Å². The summed E-state index contributed by atoms with van der Waals surface area (Å²) in [5.74, 6) is 0.963. The largest absolute Gasteiger partial charge is 0.490 e. The Morgan fingerprint density at radius 2 is 1.57 bits per heavy atom. The molecule has 180 valence electrons. The van der Waals surface area contributed by atoms with Crippen LogP contribution in [0, 0.1) is 13.8 Å². The third kappa shape index (κ3) is 5.69. The Balaban J connectivity index is 1.72. The maximum absolute atomic E-state index is 13.3. The molecule has 0 saturated carbocycles. The zero-order valence-corrected chi connectivity index (χ0v) is 21.1. The number of para-hydroxylation sites is 1. The predicted octanol–water partition coefficient (Wildman–Crippen LogP) is 6.66. The van der Waals surface area contributed by atoms with Crippen LogP contribution in [-0.2, 0) is 0 Å². The van der Waals surface area contributed by atoms with E-state index < -0.39 is 5.97 Å². The lowest BCUT2D eigenvalue weighted by atomic mass is 10.2. The van der Waals surface area contributed by atoms with Crippen LogP contribution < -0.4 is 14.2 Å². The molecular formula is C28H28N2O4S. The molecule has 6 nitrogen and oxygen atoms in total. The van der Waals surface area contributed by atoms with Gasteiger partial charge in [0.15, 0.2) is 11.5 Å². The predicted molar refractivity (Wildman–Crippen MR) is 137 cm³/mol. The van der Waals surface area contributed by atoms with Gasteiger partial charge in [-0.15, -0.1) is 0 Å². The first kappa shape index (κ1) is 24.4. The lowest BCUT2D eigenvalue weighted by Gasteiger charge is -2.13. The van der Waals surface area contributed by atoms with E-state index in [0.717, 1.165) is 21.2 Å². The van der Waals surface area contributed by atoms with E-state index in [1.54, 1.807) is 22.9 Å². The van der Waals surface area contributed by atoms with Crippen molar-refractivity contribution in [2.75, 3.05) is 13.2 Å². The summed E-state index contributed by atoms with van der Waals surface area (Å²) >= 11 is 1.52. The Hall–Kier alpha value is -3.71. The molecular weight excluding hydrogens is 460 g/mol. The molecule has 4 aromatic rings. The van der Waals surface area contributed by atoms with Crippen molar-refractivity contribution in [3.63, 3.8) is 0 Å². The van der Waals surface area contributed by atoms with Crippen LogP contribution in [0.3, 0.4) is 0 Å². The van der Waals surface area contributed by atoms with Crippen LogP contribution in [0.4, 0.5) is 0 Å². The summed E-state index contributed by atoms with van der Waals surface area (Å²) in [5.41, 5.74) is 3.11. The average Bonchev–Trinajstić information content (AvgIpc) is 3.17. The molecule has 0 N–H and O–H groups in total. The van der Waals surface area contributed by atoms with Gasteiger partial charge < -0.3 is 14.2 Å². The van der Waals surface area contributed by atoms with Crippen molar-refractivity contribution in [1.29, 1.82) is 0 Å². The zero-order chi connectivity index (χ0) is 24.8. The fourth-order valence-electron chi connectivity index (χ4n) is 3.49. The Bertz CT molecular complexity index is 1300. The number of ether oxygens (including phenoxy) is 3. The van der Waals surface area contributed by atoms with Crippen LogP contribution in [0.2, 0.25) is 0 Å². The number of hydrogen-bond acceptors (Lipinski definition) is 6. The minimum atomic E-state index is -0.503. The second kappa shape index (κ2) is 11.1. The first-order chi connectivity index (χ1) is 17.0. The molecule has 1 heterocycles. The van der Waals surface area contributed by atoms with Gasteiger partial charge in [0.05, 0.1) is 35.1 Å². The van der Waals surface area contributed by atoms with E-state index in [9.17, 15) is 4.79 Å². The molecule has 0 saturated heterocycles. The molecule has 0 aliphatic carbocycles. The van der Waals surface area contributed by atoms with Gasteiger partial charge in [-0.3, -0.25) is 0 Å². The molecule has 0 aliphatic rings. The summed E-state index contributed by atoms with van der Waals surface area (Å²) in [6.45, 7) is 8.70. The zero-order valence-electron chi connectivity index (χ0n) is 20.3. The molecule has 0 bridgehead atoms. The lowest BCUT2D eigenvalue weighted by Crippen LogP contribution is -2.13. The lowest BCUT2D eigenvalue weighted by molar-refractivity contribution is 0.0718. The smallest absolute Gasteiger partial charge is 0.345 e. The molecule has 0 radical (unpaired) electrons. The number of aromatic nitrogens is 2. The number of rotatable bonds is 9. The minimum absolute atomic E-state index is 0.363. The number of hydrogen-bond donors (Lipinski definition) is 0. The van der Waals surface area contributed by atoms with Crippen molar-refractivity contribution in [3.05, 3.63) is 89.6 Å². The van der Waals surface area contributed by atoms with E-state index in [-0.39, 0.29) is 0 Å². The highest BCUT2D eigenvalue weighted by Gasteiger charge is 2.23. The molecule has 4 rings (SSSR count). The maximum atomic E-state index is 13.3. The van der Waals surface area contributed by atoms with E-state index in [1.165, 1.54) is 17.3 Å². The highest BCUT2D eigenvalue weighted by Crippen LogP contribution is 2.39. The summed E-state index contributed by atoms with van der Waals surface area (Å²) in [6, 6.07) is 22.9. The second-order valence-corrected chi connectivity index (χ2v) is 8.88. The highest BCUT2D eigenvalue weighted by molar-refractivity contribution is 7.99. The summed E-state index contributed by atoms with van der Waals surface area (Å²) < 4.78 is 19.0. The van der Waals surface area contributed by atoms with E-state index in [4.69, 9.17) is 19.3 Å². The number of esters is 1. The Labute approximate surface area is 209 Å². The highest BCUT2D eigenvalue weighted by atomic mass is 32.2. The molecule has 0 fully saturated rings. The number of carbonyl (C=O) groups is 1. The topological polar surface area (TPSA) is 62.6 Å². The summed E-state index contributed by atoms with van der Waals surface area (Å²) in [7, 11) is 0. The molecule has 1 aromatic heterocycles. The first-order valence-electron chi connectivity index (χ1n) is 11.5. The molecule has 0 unspecified atom stereocenters. The van der Waals surface area contributed by atoms with Gasteiger partial charge in [-0.05, 0) is 70.2 Å². The Morgan fingerprint density at radius 3 is 2.26 bits per heavy atom. The van der Waals surface area contributed by atoms with Crippen LogP contribution in [0.25, 0.3) is 5.69 Å². The molecule has 0 aliphatic heterocycles. The number of benzene rings is 3. The van der Waals surface area contributed by atoms with Crippen molar-refractivity contribution in [1.82, 2.24) is 9.78 Å². The molecule has 0 atom stereocenters. The number of carbonyl (C=O) groups excluding carboxylic acids is 1. The van der Waals surface area contributed by atoms with Gasteiger partial charge >= 0.3 is 5.97 Å². The van der Waals surface area contributed by atoms with Gasteiger partial charge in [0.25, 0.3) is 0 Å². The van der Waals surface area contributed by atoms with Crippen LogP contribution in [0.1, 0.15) is 35.5 Å². The molecule has 35 heavy (non-hydrogen) atoms. The molecule has 7 heteroatoms. The normalized spacial score (nSPS) is 10.7. The maximum Gasteiger partial charge on any atom is 0.345 e. The van der Waals surface area contributed by atoms with E-state index in [0.29, 0.717) is 36.2 Å². The van der Waals surface area contributed by atoms with Gasteiger partial charge in [0, 0.05) is 4.90 Å². The van der Waals surface area contributed by atoms with Crippen LogP contribution in [0.15, 0.2) is 82.6 Å². The molecule has 0 amide bonds. The van der Waals surface area contributed by atoms with E-state index >= 15 is 0 Å². The van der Waals surface area contributed by atoms with E-state index in [2.05, 4.69) is 12.1 Å². The van der Waals surface area contributed by atoms with Crippen molar-refractivity contribution < 1.29 is 19.0 Å². The standard InChI is InChI=1S/C28H28N2O4S/c1-5-32-24-17-14-21(18-25(24)33-6-2)28(31)34-27-26(35-23-15-12-19(3)13-16-23)20(4)29-30(27)22-10-8-7-9-11-22/h7-18H,5-6H2,1-4H3.